The van der Waals surface area contributed by atoms with E-state index in [9.17, 15) is 15.3 Å². The third-order valence-corrected chi connectivity index (χ3v) is 5.37. The molecular weight excluding hydrogens is 348 g/mol. The maximum absolute atomic E-state index is 10.0. The highest BCUT2D eigenvalue weighted by Crippen LogP contribution is 2.40. The molecule has 3 nitrogen and oxygen atoms in total. The first-order chi connectivity index (χ1) is 13.4. The molecule has 0 saturated carbocycles. The molecule has 1 aliphatic rings. The first kappa shape index (κ1) is 18.5. The van der Waals surface area contributed by atoms with E-state index in [0.717, 1.165) is 41.5 Å². The van der Waals surface area contributed by atoms with Crippen LogP contribution in [0.2, 0.25) is 0 Å². The highest BCUT2D eigenvalue weighted by molar-refractivity contribution is 5.99. The van der Waals surface area contributed by atoms with E-state index in [0.29, 0.717) is 5.56 Å². The molecule has 4 rings (SSSR count). The summed E-state index contributed by atoms with van der Waals surface area (Å²) in [6.07, 6.45) is 2.78. The molecule has 0 heterocycles. The molecule has 0 amide bonds. The summed E-state index contributed by atoms with van der Waals surface area (Å²) in [5.74, 6) is -1.61. The molecule has 142 valence electrons. The number of hydrogen-bond donors (Lipinski definition) is 3. The van der Waals surface area contributed by atoms with Crippen molar-refractivity contribution in [3.63, 3.8) is 0 Å². The fraction of sp³-hybridized carbons (Fsp3) is 0.200. The van der Waals surface area contributed by atoms with Gasteiger partial charge in [-0.15, -0.1) is 0 Å². The van der Waals surface area contributed by atoms with E-state index in [-0.39, 0.29) is 5.75 Å². The monoisotopic (exact) mass is 372 g/mol. The first-order valence-corrected chi connectivity index (χ1v) is 9.60. The smallest absolute Gasteiger partial charge is 0.186 e. The normalized spacial score (nSPS) is 14.5. The van der Waals surface area contributed by atoms with Crippen molar-refractivity contribution in [2.45, 2.75) is 32.0 Å². The fourth-order valence-corrected chi connectivity index (χ4v) is 3.97. The molecule has 1 aliphatic carbocycles. The predicted octanol–water partition coefficient (Wildman–Crippen LogP) is 4.84. The second-order valence-corrected chi connectivity index (χ2v) is 7.51. The van der Waals surface area contributed by atoms with Gasteiger partial charge >= 0.3 is 0 Å². The van der Waals surface area contributed by atoms with Crippen molar-refractivity contribution in [1.29, 1.82) is 0 Å². The Labute approximate surface area is 165 Å². The van der Waals surface area contributed by atoms with Crippen molar-refractivity contribution in [3.05, 3.63) is 101 Å². The molecule has 0 bridgehead atoms. The molecular formula is C25H24O3. The van der Waals surface area contributed by atoms with Gasteiger partial charge in [-0.2, -0.15) is 0 Å². The van der Waals surface area contributed by atoms with Gasteiger partial charge in [0.2, 0.25) is 0 Å². The topological polar surface area (TPSA) is 60.7 Å². The Hall–Kier alpha value is -2.88. The van der Waals surface area contributed by atoms with Gasteiger partial charge in [0.05, 0.1) is 0 Å². The van der Waals surface area contributed by atoms with E-state index in [4.69, 9.17) is 0 Å². The minimum absolute atomic E-state index is 0.242. The van der Waals surface area contributed by atoms with E-state index in [1.807, 2.05) is 30.3 Å². The number of benzene rings is 3. The average molecular weight is 372 g/mol. The van der Waals surface area contributed by atoms with Crippen molar-refractivity contribution in [2.75, 3.05) is 0 Å². The maximum Gasteiger partial charge on any atom is 0.186 e. The lowest BCUT2D eigenvalue weighted by Gasteiger charge is -2.20. The second-order valence-electron chi connectivity index (χ2n) is 7.51. The molecule has 0 aliphatic heterocycles. The summed E-state index contributed by atoms with van der Waals surface area (Å²) in [7, 11) is 0. The van der Waals surface area contributed by atoms with Crippen molar-refractivity contribution in [2.24, 2.45) is 0 Å². The summed E-state index contributed by atoms with van der Waals surface area (Å²) in [4.78, 5) is 0. The molecule has 0 radical (unpaired) electrons. The lowest BCUT2D eigenvalue weighted by molar-refractivity contribution is -0.152. The van der Waals surface area contributed by atoms with Gasteiger partial charge in [0.1, 0.15) is 5.75 Å². The second kappa shape index (κ2) is 7.27. The zero-order valence-electron chi connectivity index (χ0n) is 15.9. The Morgan fingerprint density at radius 1 is 0.786 bits per heavy atom. The number of aromatic hydroxyl groups is 1. The highest BCUT2D eigenvalue weighted by Gasteiger charge is 2.24. The van der Waals surface area contributed by atoms with Gasteiger partial charge in [-0.25, -0.2) is 0 Å². The van der Waals surface area contributed by atoms with Crippen LogP contribution in [0.1, 0.15) is 47.6 Å². The van der Waals surface area contributed by atoms with Gasteiger partial charge in [-0.3, -0.25) is 0 Å². The van der Waals surface area contributed by atoms with Crippen LogP contribution in [-0.4, -0.2) is 15.3 Å². The number of aliphatic hydroxyl groups is 2. The molecule has 0 fully saturated rings. The number of phenolic OH excluding ortho intramolecular Hbond substituents is 1. The lowest BCUT2D eigenvalue weighted by atomic mass is 9.87. The molecule has 0 unspecified atom stereocenters. The Kier molecular flexibility index (Phi) is 4.80. The van der Waals surface area contributed by atoms with Crippen molar-refractivity contribution in [1.82, 2.24) is 0 Å². The van der Waals surface area contributed by atoms with E-state index in [1.54, 1.807) is 18.2 Å². The van der Waals surface area contributed by atoms with Crippen LogP contribution in [0.5, 0.6) is 5.75 Å². The highest BCUT2D eigenvalue weighted by atomic mass is 16.5. The third-order valence-electron chi connectivity index (χ3n) is 5.37. The number of aryl methyl sites for hydroxylation is 1. The van der Waals surface area contributed by atoms with Gasteiger partial charge in [-0.05, 0) is 77.8 Å². The third kappa shape index (κ3) is 3.59. The van der Waals surface area contributed by atoms with Crippen molar-refractivity contribution in [3.8, 4) is 5.75 Å². The maximum atomic E-state index is 10.0. The number of allylic oxidation sites excluding steroid dienone is 1. The van der Waals surface area contributed by atoms with Gasteiger partial charge in [-0.1, -0.05) is 54.6 Å². The summed E-state index contributed by atoms with van der Waals surface area (Å²) in [6, 6.07) is 23.4. The Bertz CT molecular complexity index is 1010. The fourth-order valence-electron chi connectivity index (χ4n) is 3.97. The van der Waals surface area contributed by atoms with Gasteiger partial charge in [0.25, 0.3) is 0 Å². The molecule has 0 aromatic heterocycles. The van der Waals surface area contributed by atoms with Crippen molar-refractivity contribution < 1.29 is 15.3 Å². The Morgan fingerprint density at radius 3 is 2.18 bits per heavy atom. The molecule has 0 spiro atoms. The van der Waals surface area contributed by atoms with Gasteiger partial charge < -0.3 is 15.3 Å². The predicted molar refractivity (Wildman–Crippen MR) is 112 cm³/mol. The summed E-state index contributed by atoms with van der Waals surface area (Å²) in [5, 5.41) is 29.8. The lowest BCUT2D eigenvalue weighted by Crippen LogP contribution is -2.20. The standard InChI is InChI=1S/C25H24O3/c1-25(27,28)20-12-15-23-19(16-20)8-5-9-22(17-6-3-2-4-7-17)24(23)18-10-13-21(26)14-11-18/h2-4,6-7,10-16,26-28H,5,8-9H2,1H3. The summed E-state index contributed by atoms with van der Waals surface area (Å²) in [5.41, 5.74) is 7.37. The summed E-state index contributed by atoms with van der Waals surface area (Å²) >= 11 is 0. The zero-order valence-corrected chi connectivity index (χ0v) is 15.9. The van der Waals surface area contributed by atoms with Crippen LogP contribution in [0.4, 0.5) is 0 Å². The van der Waals surface area contributed by atoms with E-state index >= 15 is 0 Å². The number of hydrogen-bond acceptors (Lipinski definition) is 3. The number of rotatable bonds is 3. The van der Waals surface area contributed by atoms with Crippen LogP contribution in [-0.2, 0) is 12.2 Å². The minimum Gasteiger partial charge on any atom is -0.508 e. The SMILES string of the molecule is CC(O)(O)c1ccc2c(c1)CCCC(c1ccccc1)=C2c1ccc(O)cc1. The molecule has 3 aromatic rings. The van der Waals surface area contributed by atoms with Gasteiger partial charge in [0, 0.05) is 5.56 Å². The largest absolute Gasteiger partial charge is 0.508 e. The van der Waals surface area contributed by atoms with Crippen LogP contribution in [0.25, 0.3) is 11.1 Å². The van der Waals surface area contributed by atoms with Crippen LogP contribution < -0.4 is 0 Å². The van der Waals surface area contributed by atoms with Crippen LogP contribution in [0.3, 0.4) is 0 Å². The quantitative estimate of drug-likeness (QED) is 0.576. The number of fused-ring (bicyclic) bond motifs is 1. The van der Waals surface area contributed by atoms with Crippen molar-refractivity contribution >= 4 is 11.1 Å². The average Bonchev–Trinajstić information content (AvgIpc) is 2.88. The summed E-state index contributed by atoms with van der Waals surface area (Å²) < 4.78 is 0. The van der Waals surface area contributed by atoms with Crippen LogP contribution in [0, 0.1) is 0 Å². The molecule has 3 aromatic carbocycles. The van der Waals surface area contributed by atoms with E-state index in [1.165, 1.54) is 18.1 Å². The molecule has 3 heteroatoms. The van der Waals surface area contributed by atoms with E-state index in [2.05, 4.69) is 24.3 Å². The van der Waals surface area contributed by atoms with Crippen LogP contribution >= 0.6 is 0 Å². The first-order valence-electron chi connectivity index (χ1n) is 9.60. The minimum atomic E-state index is -1.86. The Balaban J connectivity index is 1.97. The molecule has 0 atom stereocenters. The summed E-state index contributed by atoms with van der Waals surface area (Å²) in [6.45, 7) is 1.39. The zero-order chi connectivity index (χ0) is 19.7. The molecule has 28 heavy (non-hydrogen) atoms. The number of phenols is 1. The Morgan fingerprint density at radius 2 is 1.50 bits per heavy atom. The van der Waals surface area contributed by atoms with Gasteiger partial charge in [0.15, 0.2) is 5.79 Å². The molecule has 0 saturated heterocycles. The molecule has 3 N–H and O–H groups in total. The van der Waals surface area contributed by atoms with Crippen LogP contribution in [0.15, 0.2) is 72.8 Å². The van der Waals surface area contributed by atoms with E-state index < -0.39 is 5.79 Å².